The van der Waals surface area contributed by atoms with Crippen LogP contribution in [0.2, 0.25) is 0 Å². The van der Waals surface area contributed by atoms with Crippen molar-refractivity contribution in [1.29, 1.82) is 0 Å². The first-order chi connectivity index (χ1) is 17.7. The van der Waals surface area contributed by atoms with Crippen molar-refractivity contribution in [3.05, 3.63) is 0 Å². The third-order valence-corrected chi connectivity index (χ3v) is 11.7. The van der Waals surface area contributed by atoms with Gasteiger partial charge in [-0.15, -0.1) is 0 Å². The van der Waals surface area contributed by atoms with E-state index in [0.29, 0.717) is 12.8 Å². The van der Waals surface area contributed by atoms with Crippen molar-refractivity contribution in [3.8, 4) is 0 Å². The Morgan fingerprint density at radius 2 is 1.81 bits per heavy atom. The summed E-state index contributed by atoms with van der Waals surface area (Å²) in [5.41, 5.74) is -4.15. The number of esters is 2. The molecule has 7 rings (SSSR count). The molecule has 0 unspecified atom stereocenters. The summed E-state index contributed by atoms with van der Waals surface area (Å²) in [7, 11) is 3.38. The van der Waals surface area contributed by atoms with Crippen LogP contribution in [-0.2, 0) is 38.0 Å². The van der Waals surface area contributed by atoms with E-state index in [1.807, 2.05) is 0 Å². The normalized spacial score (nSPS) is 56.6. The van der Waals surface area contributed by atoms with E-state index in [9.17, 15) is 14.7 Å². The van der Waals surface area contributed by atoms with Gasteiger partial charge in [0.25, 0.3) is 0 Å². The molecule has 5 aliphatic carbocycles. The molecule has 10 heteroatoms. The van der Waals surface area contributed by atoms with Gasteiger partial charge in [-0.3, -0.25) is 14.5 Å². The molecule has 2 heterocycles. The minimum Gasteiger partial charge on any atom is -0.462 e. The molecule has 7 bridgehead atoms. The summed E-state index contributed by atoms with van der Waals surface area (Å²) in [4.78, 5) is 27.4. The Morgan fingerprint density at radius 3 is 2.46 bits per heavy atom. The summed E-state index contributed by atoms with van der Waals surface area (Å²) in [6.45, 7) is 6.59. The van der Waals surface area contributed by atoms with Crippen LogP contribution >= 0.6 is 0 Å². The lowest BCUT2D eigenvalue weighted by molar-refractivity contribution is -0.324. The molecule has 0 aromatic carbocycles. The number of piperidine rings is 1. The first-order valence-corrected chi connectivity index (χ1v) is 13.8. The van der Waals surface area contributed by atoms with Gasteiger partial charge < -0.3 is 33.5 Å². The molecule has 10 nitrogen and oxygen atoms in total. The molecule has 0 aromatic heterocycles. The van der Waals surface area contributed by atoms with Crippen molar-refractivity contribution < 1.29 is 43.1 Å². The van der Waals surface area contributed by atoms with Gasteiger partial charge in [0.2, 0.25) is 0 Å². The fourth-order valence-corrected chi connectivity index (χ4v) is 11.4. The first-order valence-electron chi connectivity index (χ1n) is 13.8. The fraction of sp³-hybridized carbons (Fsp3) is 0.926. The highest BCUT2D eigenvalue weighted by Crippen LogP contribution is 2.82. The lowest BCUT2D eigenvalue weighted by Crippen LogP contribution is -2.85. The second-order valence-corrected chi connectivity index (χ2v) is 12.5. The Hall–Kier alpha value is -1.30. The second-order valence-electron chi connectivity index (χ2n) is 12.5. The second kappa shape index (κ2) is 7.67. The largest absolute Gasteiger partial charge is 0.462 e. The zero-order valence-corrected chi connectivity index (χ0v) is 22.3. The molecule has 37 heavy (non-hydrogen) atoms. The van der Waals surface area contributed by atoms with Crippen LogP contribution in [0.1, 0.15) is 46.5 Å². The molecular formula is C27H39NO9. The van der Waals surface area contributed by atoms with Gasteiger partial charge in [-0.1, -0.05) is 6.92 Å². The topological polar surface area (TPSA) is 113 Å². The number of carbonyl (C=O) groups excluding carboxylic acids is 2. The van der Waals surface area contributed by atoms with Crippen molar-refractivity contribution in [3.63, 3.8) is 0 Å². The van der Waals surface area contributed by atoms with Crippen molar-refractivity contribution in [2.24, 2.45) is 29.1 Å². The van der Waals surface area contributed by atoms with Crippen molar-refractivity contribution in [1.82, 2.24) is 4.90 Å². The molecule has 13 atom stereocenters. The van der Waals surface area contributed by atoms with Gasteiger partial charge in [0.1, 0.15) is 24.6 Å². The standard InChI is InChI=1S/C27H39NO9/c1-6-28-11-15-7-8-18(32-4)26-19(15)22(37-14(3)30)27(23(26)28)25(34-12-35-27)10-17(36-13(2)29)16-9-24(26,31)21(25)20(16)33-5/h15-23,31H,6-12H2,1-5H3/t15-,16+,17-,18-,19-,20-,21-,22-,23-,24-,25+,26+,27-/m0/s1. The van der Waals surface area contributed by atoms with Crippen LogP contribution in [0.5, 0.6) is 0 Å². The van der Waals surface area contributed by atoms with Crippen LogP contribution in [-0.4, -0.2) is 103 Å². The van der Waals surface area contributed by atoms with Gasteiger partial charge >= 0.3 is 11.9 Å². The lowest BCUT2D eigenvalue weighted by Gasteiger charge is -2.70. The smallest absolute Gasteiger partial charge is 0.303 e. The van der Waals surface area contributed by atoms with Crippen LogP contribution in [0, 0.1) is 29.1 Å². The number of rotatable bonds is 5. The third-order valence-electron chi connectivity index (χ3n) is 11.7. The van der Waals surface area contributed by atoms with Gasteiger partial charge in [0.05, 0.1) is 29.3 Å². The maximum absolute atomic E-state index is 13.3. The Kier molecular flexibility index (Phi) is 5.12. The SMILES string of the molecule is CCN1C[C@@H]2CC[C@H](OC)[C@]34[C@@H]2[C@H](OC(C)=O)[C@]2(OCO[C@@]25C[C@H](OC(C)=O)[C@H]2C[C@]3(O)[C@@H]5[C@H]2OC)[C@@H]14. The molecule has 7 aliphatic rings. The number of carbonyl (C=O) groups is 2. The molecule has 5 saturated carbocycles. The summed E-state index contributed by atoms with van der Waals surface area (Å²) < 4.78 is 38.2. The summed E-state index contributed by atoms with van der Waals surface area (Å²) in [6.07, 6.45) is 0.680. The van der Waals surface area contributed by atoms with Crippen LogP contribution in [0.4, 0.5) is 0 Å². The quantitative estimate of drug-likeness (QED) is 0.523. The van der Waals surface area contributed by atoms with Crippen LogP contribution in [0.25, 0.3) is 0 Å². The molecule has 206 valence electrons. The minimum atomic E-state index is -1.26. The Balaban J connectivity index is 1.57. The van der Waals surface area contributed by atoms with E-state index in [1.165, 1.54) is 13.8 Å². The van der Waals surface area contributed by atoms with E-state index < -0.39 is 46.4 Å². The molecule has 3 spiro atoms. The maximum Gasteiger partial charge on any atom is 0.303 e. The number of methoxy groups -OCH3 is 2. The lowest BCUT2D eigenvalue weighted by atomic mass is 9.43. The van der Waals surface area contributed by atoms with Gasteiger partial charge in [0.15, 0.2) is 5.60 Å². The minimum absolute atomic E-state index is 0.0113. The number of nitrogens with zero attached hydrogens (tertiary/aromatic N) is 1. The zero-order chi connectivity index (χ0) is 26.1. The van der Waals surface area contributed by atoms with Crippen LogP contribution in [0.3, 0.4) is 0 Å². The summed E-state index contributed by atoms with van der Waals surface area (Å²) in [5, 5.41) is 13.3. The van der Waals surface area contributed by atoms with Gasteiger partial charge in [-0.25, -0.2) is 0 Å². The molecular weight excluding hydrogens is 482 g/mol. The molecule has 1 N–H and O–H groups in total. The van der Waals surface area contributed by atoms with E-state index >= 15 is 0 Å². The Morgan fingerprint density at radius 1 is 1.05 bits per heavy atom. The maximum atomic E-state index is 13.3. The van der Waals surface area contributed by atoms with E-state index in [4.69, 9.17) is 28.4 Å². The number of likely N-dealkylation sites (N-methyl/N-ethyl adjacent to an activating group) is 1. The van der Waals surface area contributed by atoms with E-state index in [2.05, 4.69) is 11.8 Å². The predicted octanol–water partition coefficient (Wildman–Crippen LogP) is 0.877. The Bertz CT molecular complexity index is 1020. The molecule has 0 radical (unpaired) electrons. The fourth-order valence-electron chi connectivity index (χ4n) is 11.4. The average Bonchev–Trinajstić information content (AvgIpc) is 3.39. The molecule has 0 aromatic rings. The number of hydrogen-bond donors (Lipinski definition) is 1. The van der Waals surface area contributed by atoms with Crippen molar-refractivity contribution in [2.75, 3.05) is 34.1 Å². The Labute approximate surface area is 217 Å². The number of ether oxygens (including phenoxy) is 6. The van der Waals surface area contributed by atoms with Gasteiger partial charge in [0, 0.05) is 58.8 Å². The van der Waals surface area contributed by atoms with Gasteiger partial charge in [-0.2, -0.15) is 0 Å². The highest BCUT2D eigenvalue weighted by Gasteiger charge is 2.97. The highest BCUT2D eigenvalue weighted by atomic mass is 16.7. The monoisotopic (exact) mass is 521 g/mol. The average molecular weight is 522 g/mol. The van der Waals surface area contributed by atoms with Crippen LogP contribution in [0.15, 0.2) is 0 Å². The number of fused-ring (bicyclic) bond motifs is 1. The predicted molar refractivity (Wildman–Crippen MR) is 126 cm³/mol. The number of aliphatic hydroxyl groups is 1. The first kappa shape index (κ1) is 24.7. The highest BCUT2D eigenvalue weighted by molar-refractivity contribution is 5.67. The van der Waals surface area contributed by atoms with Crippen molar-refractivity contribution >= 4 is 11.9 Å². The number of likely N-dealkylation sites (tertiary alicyclic amines) is 1. The zero-order valence-electron chi connectivity index (χ0n) is 22.3. The summed E-state index contributed by atoms with van der Waals surface area (Å²) in [6, 6.07) is -0.295. The molecule has 0 amide bonds. The summed E-state index contributed by atoms with van der Waals surface area (Å²) >= 11 is 0. The molecule has 2 aliphatic heterocycles. The summed E-state index contributed by atoms with van der Waals surface area (Å²) in [5.74, 6) is -1.33. The third kappa shape index (κ3) is 2.42. The molecule has 7 fully saturated rings. The van der Waals surface area contributed by atoms with Gasteiger partial charge in [-0.05, 0) is 31.7 Å². The van der Waals surface area contributed by atoms with E-state index in [0.717, 1.165) is 25.9 Å². The van der Waals surface area contributed by atoms with E-state index in [-0.39, 0.29) is 48.6 Å². The van der Waals surface area contributed by atoms with E-state index in [1.54, 1.807) is 14.2 Å². The molecule has 2 saturated heterocycles. The van der Waals surface area contributed by atoms with Crippen LogP contribution < -0.4 is 0 Å². The van der Waals surface area contributed by atoms with Crippen molar-refractivity contribution in [2.45, 2.75) is 93.7 Å². The number of hydrogen-bond acceptors (Lipinski definition) is 10.